The number of nitrogens with one attached hydrogen (secondary N) is 1. The minimum absolute atomic E-state index is 0.118. The summed E-state index contributed by atoms with van der Waals surface area (Å²) in [7, 11) is 0. The zero-order valence-corrected chi connectivity index (χ0v) is 11.0. The largest absolute Gasteiger partial charge is 0.467 e. The maximum Gasteiger partial charge on any atom is 0.268 e. The van der Waals surface area contributed by atoms with Crippen molar-refractivity contribution in [2.45, 2.75) is 6.54 Å². The van der Waals surface area contributed by atoms with E-state index in [-0.39, 0.29) is 12.1 Å². The van der Waals surface area contributed by atoms with Crippen LogP contribution >= 0.6 is 11.3 Å². The van der Waals surface area contributed by atoms with Gasteiger partial charge in [0.25, 0.3) is 11.5 Å². The third-order valence-electron chi connectivity index (χ3n) is 2.89. The van der Waals surface area contributed by atoms with Crippen LogP contribution < -0.4 is 16.8 Å². The molecule has 0 aliphatic carbocycles. The van der Waals surface area contributed by atoms with Gasteiger partial charge in [-0.1, -0.05) is 0 Å². The molecule has 3 heterocycles. The molecule has 0 aliphatic heterocycles. The summed E-state index contributed by atoms with van der Waals surface area (Å²) in [5.41, 5.74) is 2.16. The van der Waals surface area contributed by atoms with Gasteiger partial charge in [-0.2, -0.15) is 0 Å². The van der Waals surface area contributed by atoms with E-state index < -0.39 is 5.91 Å². The van der Waals surface area contributed by atoms with Crippen LogP contribution in [0.2, 0.25) is 0 Å². The molecule has 102 valence electrons. The van der Waals surface area contributed by atoms with Crippen molar-refractivity contribution in [2.75, 3.05) is 0 Å². The van der Waals surface area contributed by atoms with E-state index >= 15 is 0 Å². The number of hydrogen-bond donors (Lipinski definition) is 2. The maximum atomic E-state index is 12.2. The van der Waals surface area contributed by atoms with Crippen molar-refractivity contribution in [1.29, 1.82) is 0 Å². The van der Waals surface area contributed by atoms with Gasteiger partial charge in [-0.15, -0.1) is 11.3 Å². The van der Waals surface area contributed by atoms with Crippen molar-refractivity contribution in [3.8, 4) is 0 Å². The van der Waals surface area contributed by atoms with Crippen LogP contribution in [0.5, 0.6) is 0 Å². The number of thiophene rings is 1. The minimum Gasteiger partial charge on any atom is -0.467 e. The van der Waals surface area contributed by atoms with E-state index in [1.807, 2.05) is 10.8 Å². The highest BCUT2D eigenvalue weighted by Crippen LogP contribution is 2.15. The third-order valence-corrected chi connectivity index (χ3v) is 3.71. The second kappa shape index (κ2) is 4.91. The van der Waals surface area contributed by atoms with Crippen molar-refractivity contribution in [3.05, 3.63) is 51.8 Å². The molecular formula is C12H10N4O3S. The second-order valence-corrected chi connectivity index (χ2v) is 4.94. The molecule has 1 amide bonds. The molecule has 0 unspecified atom stereocenters. The molecule has 3 rings (SSSR count). The number of hydrogen-bond acceptors (Lipinski definition) is 6. The number of carbonyl (C=O) groups is 1. The fourth-order valence-corrected chi connectivity index (χ4v) is 2.63. The number of nitrogens with zero attached hydrogens (tertiary/aromatic N) is 2. The average Bonchev–Trinajstić information content (AvgIpc) is 3.10. The van der Waals surface area contributed by atoms with Crippen molar-refractivity contribution in [1.82, 2.24) is 15.0 Å². The molecule has 0 radical (unpaired) electrons. The molecule has 0 saturated heterocycles. The zero-order valence-electron chi connectivity index (χ0n) is 10.2. The van der Waals surface area contributed by atoms with Crippen molar-refractivity contribution < 1.29 is 9.21 Å². The zero-order chi connectivity index (χ0) is 14.1. The second-order valence-electron chi connectivity index (χ2n) is 4.05. The fraction of sp³-hybridized carbons (Fsp3) is 0.0833. The highest BCUT2D eigenvalue weighted by atomic mass is 32.1. The van der Waals surface area contributed by atoms with E-state index in [1.165, 1.54) is 34.6 Å². The van der Waals surface area contributed by atoms with Crippen molar-refractivity contribution in [2.24, 2.45) is 5.84 Å². The Balaban J connectivity index is 2.02. The van der Waals surface area contributed by atoms with Crippen LogP contribution in [0.25, 0.3) is 10.2 Å². The Morgan fingerprint density at radius 1 is 1.50 bits per heavy atom. The fourth-order valence-electron chi connectivity index (χ4n) is 1.90. The van der Waals surface area contributed by atoms with E-state index in [0.717, 1.165) is 0 Å². The Labute approximate surface area is 116 Å². The Hall–Kier alpha value is -2.45. The summed E-state index contributed by atoms with van der Waals surface area (Å²) in [6.45, 7) is 0.118. The average molecular weight is 290 g/mol. The van der Waals surface area contributed by atoms with E-state index in [2.05, 4.69) is 4.98 Å². The van der Waals surface area contributed by atoms with Crippen LogP contribution in [-0.4, -0.2) is 15.5 Å². The summed E-state index contributed by atoms with van der Waals surface area (Å²) < 4.78 is 6.63. The molecule has 3 aromatic rings. The van der Waals surface area contributed by atoms with E-state index in [1.54, 1.807) is 6.07 Å². The molecule has 20 heavy (non-hydrogen) atoms. The Morgan fingerprint density at radius 3 is 3.15 bits per heavy atom. The first-order chi connectivity index (χ1) is 9.70. The number of rotatable bonds is 3. The summed E-state index contributed by atoms with van der Waals surface area (Å²) >= 11 is 1.40. The quantitative estimate of drug-likeness (QED) is 0.420. The predicted molar refractivity (Wildman–Crippen MR) is 73.3 cm³/mol. The van der Waals surface area contributed by atoms with Crippen LogP contribution in [0.3, 0.4) is 0 Å². The lowest BCUT2D eigenvalue weighted by Gasteiger charge is -2.04. The van der Waals surface area contributed by atoms with E-state index in [9.17, 15) is 9.59 Å². The number of aromatic nitrogens is 2. The van der Waals surface area contributed by atoms with Gasteiger partial charge in [-0.05, 0) is 17.5 Å². The van der Waals surface area contributed by atoms with E-state index in [0.29, 0.717) is 21.5 Å². The summed E-state index contributed by atoms with van der Waals surface area (Å²) in [6.07, 6.45) is 2.81. The topological polar surface area (TPSA) is 103 Å². The molecule has 0 bridgehead atoms. The maximum absolute atomic E-state index is 12.2. The highest BCUT2D eigenvalue weighted by Gasteiger charge is 2.15. The van der Waals surface area contributed by atoms with Gasteiger partial charge in [-0.3, -0.25) is 19.6 Å². The molecule has 3 N–H and O–H groups in total. The summed E-state index contributed by atoms with van der Waals surface area (Å²) in [4.78, 5) is 28.7. The molecule has 0 saturated carbocycles. The molecule has 3 aromatic heterocycles. The molecule has 0 aromatic carbocycles. The van der Waals surface area contributed by atoms with Crippen molar-refractivity contribution in [3.63, 3.8) is 0 Å². The van der Waals surface area contributed by atoms with Crippen LogP contribution in [0, 0.1) is 0 Å². The number of nitrogens with two attached hydrogens (primary N) is 1. The Kier molecular flexibility index (Phi) is 3.09. The number of furan rings is 1. The minimum atomic E-state index is -0.466. The van der Waals surface area contributed by atoms with Gasteiger partial charge in [0.1, 0.15) is 10.6 Å². The normalized spacial score (nSPS) is 10.8. The SMILES string of the molecule is NNC(=O)c1ccoc1Cn1cnc2sccc2c1=O. The van der Waals surface area contributed by atoms with Crippen molar-refractivity contribution >= 4 is 27.5 Å². The Morgan fingerprint density at radius 2 is 2.35 bits per heavy atom. The monoisotopic (exact) mass is 290 g/mol. The molecular weight excluding hydrogens is 280 g/mol. The lowest BCUT2D eigenvalue weighted by Crippen LogP contribution is -2.31. The molecule has 7 nitrogen and oxygen atoms in total. The van der Waals surface area contributed by atoms with Crippen LogP contribution in [0.4, 0.5) is 0 Å². The Bertz CT molecular complexity index is 832. The first kappa shape index (κ1) is 12.6. The number of nitrogen functional groups attached to an aromatic ring is 1. The third kappa shape index (κ3) is 2.00. The lowest BCUT2D eigenvalue weighted by molar-refractivity contribution is 0.0951. The smallest absolute Gasteiger partial charge is 0.268 e. The number of carbonyl (C=O) groups excluding carboxylic acids is 1. The molecule has 0 aliphatic rings. The lowest BCUT2D eigenvalue weighted by atomic mass is 10.2. The first-order valence-corrected chi connectivity index (χ1v) is 6.58. The summed E-state index contributed by atoms with van der Waals surface area (Å²) in [6, 6.07) is 3.22. The standard InChI is InChI=1S/C12H10N4O3S/c13-15-10(17)7-1-3-19-9(7)5-16-6-14-11-8(12(16)18)2-4-20-11/h1-4,6H,5,13H2,(H,15,17). The number of fused-ring (bicyclic) bond motifs is 1. The van der Waals surface area contributed by atoms with Gasteiger partial charge in [0, 0.05) is 0 Å². The van der Waals surface area contributed by atoms with Crippen LogP contribution in [0.15, 0.2) is 39.3 Å². The highest BCUT2D eigenvalue weighted by molar-refractivity contribution is 7.16. The number of amides is 1. The van der Waals surface area contributed by atoms with Gasteiger partial charge in [0.05, 0.1) is 30.1 Å². The molecule has 0 spiro atoms. The number of hydrazine groups is 1. The van der Waals surface area contributed by atoms with Gasteiger partial charge in [0.15, 0.2) is 0 Å². The molecule has 0 atom stereocenters. The van der Waals surface area contributed by atoms with Crippen LogP contribution in [-0.2, 0) is 6.54 Å². The van der Waals surface area contributed by atoms with Gasteiger partial charge in [-0.25, -0.2) is 10.8 Å². The van der Waals surface area contributed by atoms with E-state index in [4.69, 9.17) is 10.3 Å². The van der Waals surface area contributed by atoms with Crippen LogP contribution in [0.1, 0.15) is 16.1 Å². The first-order valence-electron chi connectivity index (χ1n) is 5.70. The predicted octanol–water partition coefficient (Wildman–Crippen LogP) is 0.703. The molecule has 8 heteroatoms. The summed E-state index contributed by atoms with van der Waals surface area (Å²) in [5, 5.41) is 2.36. The summed E-state index contributed by atoms with van der Waals surface area (Å²) in [5.74, 6) is 4.98. The van der Waals surface area contributed by atoms with Gasteiger partial charge in [0.2, 0.25) is 0 Å². The molecule has 0 fully saturated rings. The van der Waals surface area contributed by atoms with Gasteiger partial charge < -0.3 is 4.42 Å². The van der Waals surface area contributed by atoms with Gasteiger partial charge >= 0.3 is 0 Å².